The molecule has 0 spiro atoms. The Morgan fingerprint density at radius 1 is 0.962 bits per heavy atom. The summed E-state index contributed by atoms with van der Waals surface area (Å²) < 4.78 is 135. The van der Waals surface area contributed by atoms with Gasteiger partial charge in [-0.15, -0.1) is 0 Å². The van der Waals surface area contributed by atoms with Crippen molar-refractivity contribution in [2.45, 2.75) is 69.6 Å². The van der Waals surface area contributed by atoms with Gasteiger partial charge in [-0.3, -0.25) is 9.69 Å². The maximum Gasteiger partial charge on any atom is 0.433 e. The number of fused-ring (bicyclic) bond motifs is 1. The fourth-order valence-electron chi connectivity index (χ4n) is 6.21. The van der Waals surface area contributed by atoms with E-state index in [-0.39, 0.29) is 66.7 Å². The summed E-state index contributed by atoms with van der Waals surface area (Å²) in [6.07, 6.45) is -15.2. The van der Waals surface area contributed by atoms with Crippen LogP contribution in [0.25, 0.3) is 0 Å². The zero-order chi connectivity index (χ0) is 38.7. The molecular weight excluding hydrogens is 729 g/mol. The van der Waals surface area contributed by atoms with Gasteiger partial charge in [-0.05, 0) is 61.2 Å². The Kier molecular flexibility index (Phi) is 11.6. The van der Waals surface area contributed by atoms with E-state index in [0.29, 0.717) is 50.2 Å². The maximum absolute atomic E-state index is 13.9. The first-order chi connectivity index (χ1) is 24.8. The Morgan fingerprint density at radius 3 is 2.21 bits per heavy atom. The molecule has 1 amide bonds. The van der Waals surface area contributed by atoms with Gasteiger partial charge in [-0.25, -0.2) is 14.8 Å². The molecule has 4 heterocycles. The summed E-state index contributed by atoms with van der Waals surface area (Å²) in [5.74, 6) is -1.16. The minimum Gasteiger partial charge on any atom is -0.481 e. The van der Waals surface area contributed by atoms with Crippen LogP contribution in [-0.2, 0) is 39.2 Å². The largest absolute Gasteiger partial charge is 0.481 e. The zero-order valence-electron chi connectivity index (χ0n) is 28.0. The Morgan fingerprint density at radius 2 is 1.62 bits per heavy atom. The topological polar surface area (TPSA) is 117 Å². The summed E-state index contributed by atoms with van der Waals surface area (Å²) in [5.41, 5.74) is -4.32. The predicted molar refractivity (Wildman–Crippen MR) is 172 cm³/mol. The number of pyridine rings is 2. The molecule has 19 heteroatoms. The van der Waals surface area contributed by atoms with E-state index in [9.17, 15) is 49.1 Å². The number of morpholine rings is 1. The molecule has 1 saturated heterocycles. The van der Waals surface area contributed by atoms with Gasteiger partial charge in [0, 0.05) is 37.5 Å². The lowest BCUT2D eigenvalue weighted by Gasteiger charge is -2.40. The van der Waals surface area contributed by atoms with Crippen LogP contribution in [0.5, 0.6) is 0 Å². The van der Waals surface area contributed by atoms with Crippen molar-refractivity contribution < 1.29 is 63.7 Å². The molecule has 2 aliphatic rings. The molecule has 0 saturated carbocycles. The van der Waals surface area contributed by atoms with Gasteiger partial charge in [0.25, 0.3) is 0 Å². The summed E-state index contributed by atoms with van der Waals surface area (Å²) in [6.45, 7) is 2.95. The van der Waals surface area contributed by atoms with Crippen LogP contribution in [0.15, 0.2) is 42.6 Å². The second-order valence-corrected chi connectivity index (χ2v) is 12.5. The third-order valence-corrected chi connectivity index (χ3v) is 8.77. The van der Waals surface area contributed by atoms with Crippen molar-refractivity contribution in [2.24, 2.45) is 0 Å². The van der Waals surface area contributed by atoms with E-state index in [2.05, 4.69) is 15.3 Å². The summed E-state index contributed by atoms with van der Waals surface area (Å²) in [7, 11) is 0. The van der Waals surface area contributed by atoms with Gasteiger partial charge >= 0.3 is 30.6 Å². The Labute approximate surface area is 296 Å². The van der Waals surface area contributed by atoms with Crippen LogP contribution in [-0.4, -0.2) is 66.1 Å². The first kappa shape index (κ1) is 39.4. The average Bonchev–Trinajstić information content (AvgIpc) is 3.09. The van der Waals surface area contributed by atoms with Crippen molar-refractivity contribution in [2.75, 3.05) is 48.0 Å². The number of ether oxygens (including phenoxy) is 2. The van der Waals surface area contributed by atoms with E-state index in [1.165, 1.54) is 12.3 Å². The zero-order valence-corrected chi connectivity index (χ0v) is 28.0. The number of benzene rings is 1. The summed E-state index contributed by atoms with van der Waals surface area (Å²) in [6, 6.07) is 2.71. The quantitative estimate of drug-likeness (QED) is 0.156. The molecule has 2 atom stereocenters. The van der Waals surface area contributed by atoms with Crippen molar-refractivity contribution in [1.82, 2.24) is 9.97 Å². The number of halogens is 9. The third kappa shape index (κ3) is 9.60. The number of carbonyl (C=O) groups is 2. The van der Waals surface area contributed by atoms with Crippen LogP contribution in [0.2, 0.25) is 0 Å². The summed E-state index contributed by atoms with van der Waals surface area (Å²) in [4.78, 5) is 35.4. The van der Waals surface area contributed by atoms with Gasteiger partial charge in [0.2, 0.25) is 0 Å². The Bertz CT molecular complexity index is 1760. The Hall–Kier alpha value is -4.81. The van der Waals surface area contributed by atoms with Crippen LogP contribution in [0.1, 0.15) is 72.3 Å². The number of carboxylic acids is 1. The van der Waals surface area contributed by atoms with Gasteiger partial charge < -0.3 is 24.8 Å². The smallest absolute Gasteiger partial charge is 0.433 e. The predicted octanol–water partition coefficient (Wildman–Crippen LogP) is 8.10. The van der Waals surface area contributed by atoms with Crippen LogP contribution in [0.4, 0.5) is 61.5 Å². The second kappa shape index (κ2) is 15.7. The molecule has 2 N–H and O–H groups in total. The van der Waals surface area contributed by atoms with Crippen molar-refractivity contribution in [1.29, 1.82) is 0 Å². The number of hydrogen-bond acceptors (Lipinski definition) is 8. The third-order valence-electron chi connectivity index (χ3n) is 8.77. The van der Waals surface area contributed by atoms with Crippen LogP contribution in [0, 0.1) is 0 Å². The number of rotatable bonds is 10. The number of carboxylic acid groups (broad SMARTS) is 1. The lowest BCUT2D eigenvalue weighted by molar-refractivity contribution is -0.143. The number of aliphatic carboxylic acids is 1. The van der Waals surface area contributed by atoms with Gasteiger partial charge in [0.15, 0.2) is 0 Å². The van der Waals surface area contributed by atoms with Crippen molar-refractivity contribution >= 4 is 29.3 Å². The molecule has 1 aromatic carbocycles. The Balaban J connectivity index is 1.57. The number of anilines is 3. The van der Waals surface area contributed by atoms with Gasteiger partial charge in [0.05, 0.1) is 60.3 Å². The van der Waals surface area contributed by atoms with E-state index >= 15 is 0 Å². The van der Waals surface area contributed by atoms with E-state index in [1.807, 2.05) is 4.90 Å². The summed E-state index contributed by atoms with van der Waals surface area (Å²) in [5, 5.41) is 11.9. The fraction of sp³-hybridized carbons (Fsp3) is 0.471. The highest BCUT2D eigenvalue weighted by Crippen LogP contribution is 2.43. The monoisotopic (exact) mass is 763 g/mol. The first-order valence-corrected chi connectivity index (χ1v) is 16.5. The molecule has 0 radical (unpaired) electrons. The molecule has 2 aromatic heterocycles. The number of nitrogens with zero attached hydrogens (tertiary/aromatic N) is 4. The number of nitrogens with one attached hydrogen (secondary N) is 1. The van der Waals surface area contributed by atoms with Crippen LogP contribution < -0.4 is 15.1 Å². The highest BCUT2D eigenvalue weighted by molar-refractivity contribution is 5.90. The number of amides is 1. The van der Waals surface area contributed by atoms with Crippen molar-refractivity contribution in [3.63, 3.8) is 0 Å². The molecule has 3 aromatic rings. The maximum atomic E-state index is 13.9. The molecular formula is C34H34F9N5O5. The molecule has 0 unspecified atom stereocenters. The molecule has 0 bridgehead atoms. The molecule has 1 fully saturated rings. The number of aromatic nitrogens is 2. The van der Waals surface area contributed by atoms with Crippen molar-refractivity contribution in [3.05, 3.63) is 76.2 Å². The number of carbonyl (C=O) groups excluding carboxylic acids is 1. The molecule has 0 aliphatic carbocycles. The second-order valence-electron chi connectivity index (χ2n) is 12.5. The molecule has 53 heavy (non-hydrogen) atoms. The van der Waals surface area contributed by atoms with E-state index in [4.69, 9.17) is 14.6 Å². The number of hydrogen-bond donors (Lipinski definition) is 2. The van der Waals surface area contributed by atoms with E-state index < -0.39 is 65.9 Å². The molecule has 288 valence electrons. The standard InChI is InChI=1S/C34H34F9N5O5/c1-2-23-17-25(29-26(5-6-27(46-29)34(41,42)43)48(23)31(51)53-9-3-4-28(49)50)45-30-20(15-24(18-44-30)47-7-10-52-11-8-47)12-19-13-21(32(35,36)37)16-22(14-19)33(38,39)40/h5-6,13-16,18,23,25H,2-4,7-12,17H2,1H3,(H,44,45)(H,49,50)/t23-,25+/m1/s1. The SMILES string of the molecule is CC[C@@H]1C[C@H](Nc2ncc(N3CCOCC3)cc2Cc2cc(C(F)(F)F)cc(C(F)(F)F)c2)c2nc(C(F)(F)F)ccc2N1C(=O)OCCCC(=O)O. The van der Waals surface area contributed by atoms with Gasteiger partial charge in [-0.2, -0.15) is 39.5 Å². The lowest BCUT2D eigenvalue weighted by Crippen LogP contribution is -2.46. The van der Waals surface area contributed by atoms with Gasteiger partial charge in [0.1, 0.15) is 11.5 Å². The molecule has 5 rings (SSSR count). The van der Waals surface area contributed by atoms with E-state index in [1.54, 1.807) is 6.92 Å². The van der Waals surface area contributed by atoms with E-state index in [0.717, 1.165) is 11.0 Å². The molecule has 2 aliphatic heterocycles. The lowest BCUT2D eigenvalue weighted by atomic mass is 9.92. The highest BCUT2D eigenvalue weighted by atomic mass is 19.4. The minimum absolute atomic E-state index is 0.0146. The fourth-order valence-corrected chi connectivity index (χ4v) is 6.21. The van der Waals surface area contributed by atoms with Gasteiger partial charge in [-0.1, -0.05) is 6.92 Å². The van der Waals surface area contributed by atoms with Crippen LogP contribution >= 0.6 is 0 Å². The van der Waals surface area contributed by atoms with Crippen molar-refractivity contribution in [3.8, 4) is 0 Å². The average molecular weight is 764 g/mol. The number of alkyl halides is 9. The van der Waals surface area contributed by atoms with Crippen LogP contribution in [0.3, 0.4) is 0 Å². The highest BCUT2D eigenvalue weighted by Gasteiger charge is 2.41. The minimum atomic E-state index is -5.10. The first-order valence-electron chi connectivity index (χ1n) is 16.5. The normalized spacial score (nSPS) is 18.1. The molecule has 10 nitrogen and oxygen atoms in total. The summed E-state index contributed by atoms with van der Waals surface area (Å²) >= 11 is 0.